The monoisotopic (exact) mass is 454 g/mol. The molecule has 0 bridgehead atoms. The van der Waals surface area contributed by atoms with Gasteiger partial charge in [-0.05, 0) is 36.8 Å². The fourth-order valence-corrected chi connectivity index (χ4v) is 3.26. The number of benzene rings is 1. The molecule has 0 atom stereocenters. The van der Waals surface area contributed by atoms with Gasteiger partial charge >= 0.3 is 0 Å². The minimum Gasteiger partial charge on any atom is -0.348 e. The van der Waals surface area contributed by atoms with Crippen LogP contribution in [0.5, 0.6) is 0 Å². The second-order valence-electron chi connectivity index (χ2n) is 7.49. The molecule has 3 heterocycles. The van der Waals surface area contributed by atoms with Gasteiger partial charge in [0.1, 0.15) is 5.82 Å². The molecule has 4 rings (SSSR count). The number of nitrogens with one attached hydrogen (secondary N) is 1. The van der Waals surface area contributed by atoms with Crippen LogP contribution in [0.2, 0.25) is 5.02 Å². The number of nitrogens with zero attached hydrogens (tertiary/aromatic N) is 5. The third-order valence-electron chi connectivity index (χ3n) is 4.88. The van der Waals surface area contributed by atoms with Crippen LogP contribution in [0.25, 0.3) is 17.3 Å². The van der Waals surface area contributed by atoms with Crippen LogP contribution < -0.4 is 5.32 Å². The van der Waals surface area contributed by atoms with Gasteiger partial charge in [-0.3, -0.25) is 4.79 Å². The second kappa shape index (κ2) is 8.88. The molecule has 0 fully saturated rings. The van der Waals surface area contributed by atoms with Gasteiger partial charge in [-0.1, -0.05) is 36.7 Å². The molecule has 10 heteroatoms. The minimum absolute atomic E-state index is 0.162. The summed E-state index contributed by atoms with van der Waals surface area (Å²) in [5.41, 5.74) is 2.32. The molecule has 0 saturated carbocycles. The summed E-state index contributed by atoms with van der Waals surface area (Å²) in [7, 11) is 0. The van der Waals surface area contributed by atoms with E-state index in [1.165, 1.54) is 24.4 Å². The zero-order chi connectivity index (χ0) is 22.8. The average molecular weight is 455 g/mol. The SMILES string of the molecule is Cc1c(C(=O)NCc2ccc(F)cc2Cl)cnn1-c1ccc(-c2nc(C(C)C)no2)cn1. The van der Waals surface area contributed by atoms with Crippen LogP contribution in [0.15, 0.2) is 47.2 Å². The van der Waals surface area contributed by atoms with Gasteiger partial charge in [-0.2, -0.15) is 10.1 Å². The zero-order valence-corrected chi connectivity index (χ0v) is 18.4. The Hall–Kier alpha value is -3.59. The van der Waals surface area contributed by atoms with E-state index < -0.39 is 5.82 Å². The molecule has 0 aliphatic carbocycles. The van der Waals surface area contributed by atoms with E-state index in [2.05, 4.69) is 25.5 Å². The molecule has 32 heavy (non-hydrogen) atoms. The molecule has 1 amide bonds. The van der Waals surface area contributed by atoms with E-state index in [1.807, 2.05) is 13.8 Å². The predicted molar refractivity (Wildman–Crippen MR) is 116 cm³/mol. The summed E-state index contributed by atoms with van der Waals surface area (Å²) < 4.78 is 20.0. The van der Waals surface area contributed by atoms with Gasteiger partial charge in [0, 0.05) is 23.7 Å². The Labute approximate surface area is 188 Å². The lowest BCUT2D eigenvalue weighted by atomic mass is 10.2. The molecule has 4 aromatic rings. The number of hydrogen-bond donors (Lipinski definition) is 1. The van der Waals surface area contributed by atoms with Crippen molar-refractivity contribution in [3.8, 4) is 17.3 Å². The van der Waals surface area contributed by atoms with Crippen molar-refractivity contribution in [2.24, 2.45) is 0 Å². The summed E-state index contributed by atoms with van der Waals surface area (Å²) in [4.78, 5) is 21.4. The van der Waals surface area contributed by atoms with Gasteiger partial charge < -0.3 is 9.84 Å². The van der Waals surface area contributed by atoms with E-state index >= 15 is 0 Å². The Kier molecular flexibility index (Phi) is 6.00. The van der Waals surface area contributed by atoms with Gasteiger partial charge in [-0.15, -0.1) is 0 Å². The lowest BCUT2D eigenvalue weighted by molar-refractivity contribution is 0.0950. The van der Waals surface area contributed by atoms with E-state index in [-0.39, 0.29) is 23.4 Å². The molecule has 0 aliphatic heterocycles. The van der Waals surface area contributed by atoms with E-state index in [4.69, 9.17) is 16.1 Å². The van der Waals surface area contributed by atoms with E-state index in [9.17, 15) is 9.18 Å². The summed E-state index contributed by atoms with van der Waals surface area (Å²) >= 11 is 6.02. The Balaban J connectivity index is 1.48. The molecule has 1 N–H and O–H groups in total. The Bertz CT molecular complexity index is 1270. The number of pyridine rings is 1. The first-order valence-electron chi connectivity index (χ1n) is 9.90. The highest BCUT2D eigenvalue weighted by Crippen LogP contribution is 2.21. The molecular weight excluding hydrogens is 435 g/mol. The lowest BCUT2D eigenvalue weighted by Crippen LogP contribution is -2.23. The first-order chi connectivity index (χ1) is 15.3. The largest absolute Gasteiger partial charge is 0.348 e. The Morgan fingerprint density at radius 2 is 2.06 bits per heavy atom. The van der Waals surface area contributed by atoms with Crippen molar-refractivity contribution in [1.82, 2.24) is 30.2 Å². The molecular formula is C22H20ClFN6O2. The quantitative estimate of drug-likeness (QED) is 0.461. The number of aromatic nitrogens is 5. The van der Waals surface area contributed by atoms with Crippen LogP contribution in [-0.2, 0) is 6.54 Å². The van der Waals surface area contributed by atoms with Crippen LogP contribution in [0.1, 0.15) is 47.2 Å². The Morgan fingerprint density at radius 1 is 1.25 bits per heavy atom. The fourth-order valence-electron chi connectivity index (χ4n) is 3.02. The van der Waals surface area contributed by atoms with Crippen LogP contribution in [-0.4, -0.2) is 30.8 Å². The highest BCUT2D eigenvalue weighted by Gasteiger charge is 2.17. The first kappa shape index (κ1) is 21.6. The van der Waals surface area contributed by atoms with E-state index in [0.29, 0.717) is 39.9 Å². The van der Waals surface area contributed by atoms with Gasteiger partial charge in [-0.25, -0.2) is 14.1 Å². The third-order valence-corrected chi connectivity index (χ3v) is 5.23. The van der Waals surface area contributed by atoms with Gasteiger partial charge in [0.05, 0.1) is 23.0 Å². The summed E-state index contributed by atoms with van der Waals surface area (Å²) in [6, 6.07) is 7.60. The number of carbonyl (C=O) groups is 1. The minimum atomic E-state index is -0.430. The molecule has 8 nitrogen and oxygen atoms in total. The Morgan fingerprint density at radius 3 is 2.72 bits per heavy atom. The summed E-state index contributed by atoms with van der Waals surface area (Å²) in [6.07, 6.45) is 3.09. The number of amides is 1. The highest BCUT2D eigenvalue weighted by molar-refractivity contribution is 6.31. The van der Waals surface area contributed by atoms with Crippen LogP contribution >= 0.6 is 11.6 Å². The summed E-state index contributed by atoms with van der Waals surface area (Å²) in [5.74, 6) is 0.970. The lowest BCUT2D eigenvalue weighted by Gasteiger charge is -2.08. The molecule has 3 aromatic heterocycles. The number of hydrogen-bond acceptors (Lipinski definition) is 6. The van der Waals surface area contributed by atoms with E-state index in [1.54, 1.807) is 29.9 Å². The predicted octanol–water partition coefficient (Wildman–Crippen LogP) is 4.47. The van der Waals surface area contributed by atoms with Gasteiger partial charge in [0.2, 0.25) is 0 Å². The molecule has 1 aromatic carbocycles. The number of carbonyl (C=O) groups excluding carboxylic acids is 1. The summed E-state index contributed by atoms with van der Waals surface area (Å²) in [6.45, 7) is 5.91. The van der Waals surface area contributed by atoms with Gasteiger partial charge in [0.15, 0.2) is 11.6 Å². The second-order valence-corrected chi connectivity index (χ2v) is 7.90. The van der Waals surface area contributed by atoms with Crippen molar-refractivity contribution in [2.75, 3.05) is 0 Å². The van der Waals surface area contributed by atoms with Crippen molar-refractivity contribution in [3.63, 3.8) is 0 Å². The average Bonchev–Trinajstić information content (AvgIpc) is 3.40. The van der Waals surface area contributed by atoms with Crippen LogP contribution in [0.4, 0.5) is 4.39 Å². The molecule has 0 saturated heterocycles. The third kappa shape index (κ3) is 4.38. The molecule has 0 radical (unpaired) electrons. The maximum atomic E-state index is 13.2. The number of halogens is 2. The van der Waals surface area contributed by atoms with Crippen molar-refractivity contribution < 1.29 is 13.7 Å². The van der Waals surface area contributed by atoms with Gasteiger partial charge in [0.25, 0.3) is 11.8 Å². The maximum absolute atomic E-state index is 13.2. The topological polar surface area (TPSA) is 98.7 Å². The van der Waals surface area contributed by atoms with Crippen LogP contribution in [0, 0.1) is 12.7 Å². The highest BCUT2D eigenvalue weighted by atomic mass is 35.5. The maximum Gasteiger partial charge on any atom is 0.259 e. The zero-order valence-electron chi connectivity index (χ0n) is 17.6. The number of rotatable bonds is 6. The molecule has 0 aliphatic rings. The van der Waals surface area contributed by atoms with E-state index in [0.717, 1.165) is 0 Å². The fraction of sp³-hybridized carbons (Fsp3) is 0.227. The van der Waals surface area contributed by atoms with Crippen molar-refractivity contribution in [1.29, 1.82) is 0 Å². The molecule has 0 unspecified atom stereocenters. The molecule has 0 spiro atoms. The van der Waals surface area contributed by atoms with Crippen LogP contribution in [0.3, 0.4) is 0 Å². The van der Waals surface area contributed by atoms with Crippen molar-refractivity contribution in [2.45, 2.75) is 33.2 Å². The van der Waals surface area contributed by atoms with Crippen molar-refractivity contribution in [3.05, 3.63) is 76.2 Å². The normalized spacial score (nSPS) is 11.2. The molecule has 164 valence electrons. The standard InChI is InChI=1S/C22H20ClFN6O2/c1-12(2)20-28-22(32-29-20)15-5-7-19(25-10-15)30-13(3)17(11-27-30)21(31)26-9-14-4-6-16(24)8-18(14)23/h4-8,10-12H,9H2,1-3H3,(H,26,31). The summed E-state index contributed by atoms with van der Waals surface area (Å²) in [5, 5.41) is 11.3. The van der Waals surface area contributed by atoms with Crippen molar-refractivity contribution >= 4 is 17.5 Å². The smallest absolute Gasteiger partial charge is 0.259 e. The first-order valence-corrected chi connectivity index (χ1v) is 10.3.